The van der Waals surface area contributed by atoms with Crippen molar-refractivity contribution in [3.63, 3.8) is 0 Å². The van der Waals surface area contributed by atoms with Gasteiger partial charge in [0, 0.05) is 18.6 Å². The summed E-state index contributed by atoms with van der Waals surface area (Å²) in [6, 6.07) is 4.85. The summed E-state index contributed by atoms with van der Waals surface area (Å²) in [6.45, 7) is 3.13. The summed E-state index contributed by atoms with van der Waals surface area (Å²) >= 11 is 0. The molecule has 6 nitrogen and oxygen atoms in total. The molecule has 1 rings (SSSR count). The standard InChI is InChI=1S/C12H14FN3O3/c1-8(6-12(2,15)7-14)19-11-5-9(13)3-4-10(11)16(17)18/h3-5,8H,6,15H2,1-2H3. The summed E-state index contributed by atoms with van der Waals surface area (Å²) in [7, 11) is 0. The van der Waals surface area contributed by atoms with Crippen molar-refractivity contribution in [3.8, 4) is 11.8 Å². The van der Waals surface area contributed by atoms with Gasteiger partial charge in [-0.15, -0.1) is 0 Å². The molecule has 102 valence electrons. The van der Waals surface area contributed by atoms with E-state index < -0.39 is 22.4 Å². The predicted molar refractivity (Wildman–Crippen MR) is 66.0 cm³/mol. The molecule has 0 radical (unpaired) electrons. The van der Waals surface area contributed by atoms with Gasteiger partial charge in [0.1, 0.15) is 11.4 Å². The molecule has 1 aromatic rings. The van der Waals surface area contributed by atoms with Gasteiger partial charge in [-0.1, -0.05) is 0 Å². The topological polar surface area (TPSA) is 102 Å². The molecule has 0 aliphatic carbocycles. The predicted octanol–water partition coefficient (Wildman–Crippen LogP) is 2.13. The van der Waals surface area contributed by atoms with Crippen molar-refractivity contribution < 1.29 is 14.1 Å². The van der Waals surface area contributed by atoms with Gasteiger partial charge in [-0.3, -0.25) is 10.1 Å². The largest absolute Gasteiger partial charge is 0.484 e. The first kappa shape index (κ1) is 14.9. The number of nitriles is 1. The van der Waals surface area contributed by atoms with Crippen LogP contribution in [0.4, 0.5) is 10.1 Å². The van der Waals surface area contributed by atoms with Gasteiger partial charge in [-0.2, -0.15) is 5.26 Å². The summed E-state index contributed by atoms with van der Waals surface area (Å²) in [4.78, 5) is 10.1. The van der Waals surface area contributed by atoms with E-state index in [9.17, 15) is 14.5 Å². The van der Waals surface area contributed by atoms with Crippen molar-refractivity contribution in [2.75, 3.05) is 0 Å². The van der Waals surface area contributed by atoms with Gasteiger partial charge in [0.05, 0.1) is 17.1 Å². The Bertz CT molecular complexity index is 525. The highest BCUT2D eigenvalue weighted by atomic mass is 19.1. The maximum absolute atomic E-state index is 13.1. The number of hydrogen-bond acceptors (Lipinski definition) is 5. The molecular weight excluding hydrogens is 253 g/mol. The van der Waals surface area contributed by atoms with Gasteiger partial charge in [-0.05, 0) is 19.9 Å². The van der Waals surface area contributed by atoms with E-state index in [1.54, 1.807) is 6.92 Å². The van der Waals surface area contributed by atoms with Crippen LogP contribution in [-0.2, 0) is 0 Å². The van der Waals surface area contributed by atoms with Crippen molar-refractivity contribution in [3.05, 3.63) is 34.1 Å². The first-order chi connectivity index (χ1) is 8.75. The van der Waals surface area contributed by atoms with Crippen LogP contribution < -0.4 is 10.5 Å². The third-order valence-corrected chi connectivity index (χ3v) is 2.41. The zero-order valence-corrected chi connectivity index (χ0v) is 10.6. The summed E-state index contributed by atoms with van der Waals surface area (Å²) in [5.41, 5.74) is 4.21. The second-order valence-electron chi connectivity index (χ2n) is 4.53. The van der Waals surface area contributed by atoms with Crippen LogP contribution in [0.15, 0.2) is 18.2 Å². The number of nitro groups is 1. The third-order valence-electron chi connectivity index (χ3n) is 2.41. The molecule has 0 amide bonds. The van der Waals surface area contributed by atoms with E-state index in [-0.39, 0.29) is 17.9 Å². The van der Waals surface area contributed by atoms with E-state index in [0.717, 1.165) is 18.2 Å². The van der Waals surface area contributed by atoms with Crippen LogP contribution >= 0.6 is 0 Å². The van der Waals surface area contributed by atoms with Gasteiger partial charge >= 0.3 is 5.69 Å². The fraction of sp³-hybridized carbons (Fsp3) is 0.417. The van der Waals surface area contributed by atoms with Gasteiger partial charge < -0.3 is 10.5 Å². The van der Waals surface area contributed by atoms with E-state index in [4.69, 9.17) is 15.7 Å². The molecule has 2 atom stereocenters. The molecule has 19 heavy (non-hydrogen) atoms. The van der Waals surface area contributed by atoms with Crippen molar-refractivity contribution in [1.29, 1.82) is 5.26 Å². The Morgan fingerprint density at radius 2 is 2.32 bits per heavy atom. The third kappa shape index (κ3) is 4.19. The molecule has 0 fully saturated rings. The zero-order valence-electron chi connectivity index (χ0n) is 10.6. The minimum atomic E-state index is -1.11. The maximum atomic E-state index is 13.1. The second kappa shape index (κ2) is 5.63. The molecule has 7 heteroatoms. The van der Waals surface area contributed by atoms with Crippen LogP contribution in [0, 0.1) is 27.3 Å². The van der Waals surface area contributed by atoms with Gasteiger partial charge in [0.15, 0.2) is 5.75 Å². The quantitative estimate of drug-likeness (QED) is 0.650. The SMILES string of the molecule is CC(CC(C)(N)C#N)Oc1cc(F)ccc1[N+](=O)[O-]. The summed E-state index contributed by atoms with van der Waals surface area (Å²) in [5.74, 6) is -0.810. The first-order valence-electron chi connectivity index (χ1n) is 5.56. The normalized spacial score (nSPS) is 15.1. The lowest BCUT2D eigenvalue weighted by Crippen LogP contribution is -2.38. The average molecular weight is 267 g/mol. The lowest BCUT2D eigenvalue weighted by Gasteiger charge is -2.21. The number of nitro benzene ring substituents is 1. The van der Waals surface area contributed by atoms with Crippen LogP contribution in [0.5, 0.6) is 5.75 Å². The van der Waals surface area contributed by atoms with Gasteiger partial charge in [-0.25, -0.2) is 4.39 Å². The Kier molecular flexibility index (Phi) is 4.40. The number of hydrogen-bond donors (Lipinski definition) is 1. The monoisotopic (exact) mass is 267 g/mol. The van der Waals surface area contributed by atoms with E-state index >= 15 is 0 Å². The van der Waals surface area contributed by atoms with Crippen molar-refractivity contribution >= 4 is 5.69 Å². The Labute approximate surface area is 109 Å². The lowest BCUT2D eigenvalue weighted by molar-refractivity contribution is -0.386. The molecule has 0 aliphatic heterocycles. The van der Waals surface area contributed by atoms with Crippen LogP contribution in [0.1, 0.15) is 20.3 Å². The van der Waals surface area contributed by atoms with Crippen LogP contribution in [0.3, 0.4) is 0 Å². The number of nitrogens with two attached hydrogens (primary N) is 1. The Balaban J connectivity index is 2.90. The minimum absolute atomic E-state index is 0.164. The molecule has 0 saturated carbocycles. The van der Waals surface area contributed by atoms with E-state index in [1.165, 1.54) is 6.92 Å². The van der Waals surface area contributed by atoms with Gasteiger partial charge in [0.25, 0.3) is 0 Å². The molecule has 0 saturated heterocycles. The van der Waals surface area contributed by atoms with E-state index in [1.807, 2.05) is 6.07 Å². The smallest absolute Gasteiger partial charge is 0.311 e. The van der Waals surface area contributed by atoms with Crippen molar-refractivity contribution in [2.24, 2.45) is 5.73 Å². The molecule has 2 N–H and O–H groups in total. The fourth-order valence-electron chi connectivity index (χ4n) is 1.63. The molecule has 0 heterocycles. The lowest BCUT2D eigenvalue weighted by atomic mass is 9.98. The fourth-order valence-corrected chi connectivity index (χ4v) is 1.63. The number of nitrogens with zero attached hydrogens (tertiary/aromatic N) is 2. The molecular formula is C12H14FN3O3. The molecule has 0 aliphatic rings. The molecule has 2 unspecified atom stereocenters. The molecule has 0 spiro atoms. The van der Waals surface area contributed by atoms with E-state index in [0.29, 0.717) is 0 Å². The number of rotatable bonds is 5. The van der Waals surface area contributed by atoms with Gasteiger partial charge in [0.2, 0.25) is 0 Å². The molecule has 0 aromatic heterocycles. The highest BCUT2D eigenvalue weighted by Crippen LogP contribution is 2.29. The number of halogens is 1. The number of benzene rings is 1. The zero-order chi connectivity index (χ0) is 14.6. The van der Waals surface area contributed by atoms with Crippen LogP contribution in [0.25, 0.3) is 0 Å². The Hall–Kier alpha value is -2.20. The minimum Gasteiger partial charge on any atom is -0.484 e. The Morgan fingerprint density at radius 3 is 2.84 bits per heavy atom. The van der Waals surface area contributed by atoms with Crippen molar-refractivity contribution in [1.82, 2.24) is 0 Å². The highest BCUT2D eigenvalue weighted by molar-refractivity contribution is 5.46. The summed E-state index contributed by atoms with van der Waals surface area (Å²) in [6.07, 6.45) is -0.396. The molecule has 0 bridgehead atoms. The average Bonchev–Trinajstić information content (AvgIpc) is 2.27. The van der Waals surface area contributed by atoms with E-state index in [2.05, 4.69) is 0 Å². The van der Waals surface area contributed by atoms with Crippen LogP contribution in [0.2, 0.25) is 0 Å². The second-order valence-corrected chi connectivity index (χ2v) is 4.53. The summed E-state index contributed by atoms with van der Waals surface area (Å²) in [5, 5.41) is 19.6. The maximum Gasteiger partial charge on any atom is 0.311 e. The first-order valence-corrected chi connectivity index (χ1v) is 5.56. The number of ether oxygens (including phenoxy) is 1. The highest BCUT2D eigenvalue weighted by Gasteiger charge is 2.24. The molecule has 1 aromatic carbocycles. The van der Waals surface area contributed by atoms with Crippen LogP contribution in [-0.4, -0.2) is 16.6 Å². The Morgan fingerprint density at radius 1 is 1.68 bits per heavy atom. The summed E-state index contributed by atoms with van der Waals surface area (Å²) < 4.78 is 18.4. The van der Waals surface area contributed by atoms with Crippen molar-refractivity contribution in [2.45, 2.75) is 31.9 Å².